The normalized spacial score (nSPS) is 34.2. The number of aliphatic hydroxyl groups excluding tert-OH is 1. The molecule has 2 aliphatic rings. The van der Waals surface area contributed by atoms with Gasteiger partial charge in [0.05, 0.1) is 12.1 Å². The van der Waals surface area contributed by atoms with Crippen molar-refractivity contribution < 1.29 is 9.90 Å². The average molecular weight is 184 g/mol. The summed E-state index contributed by atoms with van der Waals surface area (Å²) in [6, 6.07) is 0.225. The number of β-amino-alcohol motifs (C(OH)–C–C–N with tert-alkyl or cyclic N) is 1. The molecule has 74 valence electrons. The highest BCUT2D eigenvalue weighted by Crippen LogP contribution is 2.18. The number of aliphatic hydroxyl groups is 1. The highest BCUT2D eigenvalue weighted by molar-refractivity contribution is 5.82. The Kier molecular flexibility index (Phi) is 2.51. The third kappa shape index (κ3) is 2.00. The number of rotatable bonds is 2. The summed E-state index contributed by atoms with van der Waals surface area (Å²) >= 11 is 0. The molecule has 1 heterocycles. The van der Waals surface area contributed by atoms with Gasteiger partial charge in [-0.15, -0.1) is 0 Å². The lowest BCUT2D eigenvalue weighted by Crippen LogP contribution is -2.47. The Labute approximate surface area is 77.7 Å². The average Bonchev–Trinajstić information content (AvgIpc) is 2.44. The van der Waals surface area contributed by atoms with Crippen molar-refractivity contribution in [2.75, 3.05) is 6.54 Å². The SMILES string of the molecule is O=C(NC1CCC1)[C@@H]1C[C@H](O)CN1. The highest BCUT2D eigenvalue weighted by Gasteiger charge is 2.30. The fraction of sp³-hybridized carbons (Fsp3) is 0.889. The lowest BCUT2D eigenvalue weighted by Gasteiger charge is -2.27. The summed E-state index contributed by atoms with van der Waals surface area (Å²) in [5, 5.41) is 15.2. The van der Waals surface area contributed by atoms with Crippen LogP contribution in [0.4, 0.5) is 0 Å². The molecule has 1 saturated heterocycles. The van der Waals surface area contributed by atoms with E-state index in [0.717, 1.165) is 12.8 Å². The van der Waals surface area contributed by atoms with Crippen LogP contribution >= 0.6 is 0 Å². The summed E-state index contributed by atoms with van der Waals surface area (Å²) in [5.74, 6) is 0.0567. The Morgan fingerprint density at radius 2 is 2.23 bits per heavy atom. The zero-order valence-electron chi connectivity index (χ0n) is 7.62. The van der Waals surface area contributed by atoms with Crippen LogP contribution in [0.1, 0.15) is 25.7 Å². The minimum Gasteiger partial charge on any atom is -0.392 e. The second-order valence-electron chi connectivity index (χ2n) is 3.99. The molecule has 13 heavy (non-hydrogen) atoms. The van der Waals surface area contributed by atoms with Gasteiger partial charge in [-0.2, -0.15) is 0 Å². The molecule has 2 fully saturated rings. The summed E-state index contributed by atoms with van der Waals surface area (Å²) in [4.78, 5) is 11.5. The van der Waals surface area contributed by atoms with Gasteiger partial charge in [0.15, 0.2) is 0 Å². The predicted molar refractivity (Wildman–Crippen MR) is 48.2 cm³/mol. The van der Waals surface area contributed by atoms with Crippen LogP contribution in [-0.2, 0) is 4.79 Å². The van der Waals surface area contributed by atoms with Gasteiger partial charge in [0.1, 0.15) is 0 Å². The third-order valence-electron chi connectivity index (χ3n) is 2.88. The van der Waals surface area contributed by atoms with Crippen LogP contribution in [0.3, 0.4) is 0 Å². The molecule has 4 heteroatoms. The van der Waals surface area contributed by atoms with E-state index in [-0.39, 0.29) is 18.1 Å². The van der Waals surface area contributed by atoms with E-state index >= 15 is 0 Å². The standard InChI is InChI=1S/C9H16N2O2/c12-7-4-8(10-5-7)9(13)11-6-2-1-3-6/h6-8,10,12H,1-5H2,(H,11,13)/t7-,8-/m0/s1. The summed E-state index contributed by atoms with van der Waals surface area (Å²) in [7, 11) is 0. The van der Waals surface area contributed by atoms with Gasteiger partial charge in [-0.05, 0) is 25.7 Å². The maximum atomic E-state index is 11.5. The van der Waals surface area contributed by atoms with Gasteiger partial charge in [-0.1, -0.05) is 0 Å². The zero-order valence-corrected chi connectivity index (χ0v) is 7.62. The molecule has 0 aromatic carbocycles. The summed E-state index contributed by atoms with van der Waals surface area (Å²) in [6.45, 7) is 0.544. The molecule has 3 N–H and O–H groups in total. The van der Waals surface area contributed by atoms with Crippen LogP contribution in [0.15, 0.2) is 0 Å². The molecular formula is C9H16N2O2. The first-order chi connectivity index (χ1) is 6.25. The van der Waals surface area contributed by atoms with Crippen LogP contribution in [0, 0.1) is 0 Å². The van der Waals surface area contributed by atoms with E-state index < -0.39 is 0 Å². The second-order valence-corrected chi connectivity index (χ2v) is 3.99. The van der Waals surface area contributed by atoms with Crippen LogP contribution < -0.4 is 10.6 Å². The molecule has 1 aliphatic heterocycles. The smallest absolute Gasteiger partial charge is 0.237 e. The lowest BCUT2D eigenvalue weighted by molar-refractivity contribution is -0.124. The molecule has 1 amide bonds. The molecule has 0 bridgehead atoms. The first kappa shape index (κ1) is 8.97. The van der Waals surface area contributed by atoms with Crippen molar-refractivity contribution in [1.82, 2.24) is 10.6 Å². The second kappa shape index (κ2) is 3.64. The number of nitrogens with one attached hydrogen (secondary N) is 2. The van der Waals surface area contributed by atoms with Crippen LogP contribution in [-0.4, -0.2) is 35.7 Å². The van der Waals surface area contributed by atoms with E-state index in [1.807, 2.05) is 0 Å². The number of carbonyl (C=O) groups excluding carboxylic acids is 1. The van der Waals surface area contributed by atoms with E-state index in [2.05, 4.69) is 10.6 Å². The monoisotopic (exact) mass is 184 g/mol. The molecule has 0 spiro atoms. The highest BCUT2D eigenvalue weighted by atomic mass is 16.3. The topological polar surface area (TPSA) is 61.4 Å². The molecule has 0 aromatic heterocycles. The largest absolute Gasteiger partial charge is 0.392 e. The number of hydrogen-bond acceptors (Lipinski definition) is 3. The number of carbonyl (C=O) groups is 1. The van der Waals surface area contributed by atoms with Crippen molar-refractivity contribution >= 4 is 5.91 Å². The van der Waals surface area contributed by atoms with Crippen molar-refractivity contribution in [2.45, 2.75) is 43.9 Å². The van der Waals surface area contributed by atoms with E-state index in [0.29, 0.717) is 19.0 Å². The molecular weight excluding hydrogens is 168 g/mol. The fourth-order valence-corrected chi connectivity index (χ4v) is 1.77. The first-order valence-corrected chi connectivity index (χ1v) is 4.97. The number of amides is 1. The van der Waals surface area contributed by atoms with Gasteiger partial charge >= 0.3 is 0 Å². The third-order valence-corrected chi connectivity index (χ3v) is 2.88. The minimum atomic E-state index is -0.350. The molecule has 1 saturated carbocycles. The summed E-state index contributed by atoms with van der Waals surface area (Å²) in [5.41, 5.74) is 0. The van der Waals surface area contributed by atoms with Crippen molar-refractivity contribution in [1.29, 1.82) is 0 Å². The first-order valence-electron chi connectivity index (χ1n) is 4.97. The quantitative estimate of drug-likeness (QED) is 0.536. The van der Waals surface area contributed by atoms with Gasteiger partial charge in [-0.3, -0.25) is 4.79 Å². The fourth-order valence-electron chi connectivity index (χ4n) is 1.77. The van der Waals surface area contributed by atoms with Crippen LogP contribution in [0.5, 0.6) is 0 Å². The van der Waals surface area contributed by atoms with Crippen molar-refractivity contribution in [2.24, 2.45) is 0 Å². The van der Waals surface area contributed by atoms with E-state index in [9.17, 15) is 9.90 Å². The van der Waals surface area contributed by atoms with Gasteiger partial charge in [-0.25, -0.2) is 0 Å². The van der Waals surface area contributed by atoms with Gasteiger partial charge < -0.3 is 15.7 Å². The Balaban J connectivity index is 1.76. The Morgan fingerprint density at radius 1 is 1.46 bits per heavy atom. The summed E-state index contributed by atoms with van der Waals surface area (Å²) in [6.07, 6.45) is 3.66. The summed E-state index contributed by atoms with van der Waals surface area (Å²) < 4.78 is 0. The van der Waals surface area contributed by atoms with Crippen LogP contribution in [0.25, 0.3) is 0 Å². The molecule has 2 atom stereocenters. The van der Waals surface area contributed by atoms with Gasteiger partial charge in [0.2, 0.25) is 5.91 Å². The molecule has 0 radical (unpaired) electrons. The Morgan fingerprint density at radius 3 is 2.69 bits per heavy atom. The molecule has 4 nitrogen and oxygen atoms in total. The van der Waals surface area contributed by atoms with Crippen molar-refractivity contribution in [3.8, 4) is 0 Å². The maximum absolute atomic E-state index is 11.5. The van der Waals surface area contributed by atoms with Gasteiger partial charge in [0.25, 0.3) is 0 Å². The Bertz CT molecular complexity index is 204. The minimum absolute atomic E-state index is 0.0567. The maximum Gasteiger partial charge on any atom is 0.237 e. The zero-order chi connectivity index (χ0) is 9.26. The van der Waals surface area contributed by atoms with Crippen molar-refractivity contribution in [3.05, 3.63) is 0 Å². The molecule has 1 aliphatic carbocycles. The van der Waals surface area contributed by atoms with Crippen molar-refractivity contribution in [3.63, 3.8) is 0 Å². The molecule has 0 unspecified atom stereocenters. The molecule has 2 rings (SSSR count). The Hall–Kier alpha value is -0.610. The van der Waals surface area contributed by atoms with E-state index in [1.165, 1.54) is 6.42 Å². The number of hydrogen-bond donors (Lipinski definition) is 3. The van der Waals surface area contributed by atoms with Gasteiger partial charge in [0, 0.05) is 12.6 Å². The van der Waals surface area contributed by atoms with Crippen LogP contribution in [0.2, 0.25) is 0 Å². The molecule has 0 aromatic rings. The van der Waals surface area contributed by atoms with E-state index in [4.69, 9.17) is 0 Å². The lowest BCUT2D eigenvalue weighted by atomic mass is 9.93. The predicted octanol–water partition coefficient (Wildman–Crippen LogP) is -0.622. The van der Waals surface area contributed by atoms with E-state index in [1.54, 1.807) is 0 Å².